The molecule has 11 heteroatoms. The molecule has 0 aliphatic rings. The maximum absolute atomic E-state index is 12.8. The van der Waals surface area contributed by atoms with Crippen LogP contribution in [0.3, 0.4) is 0 Å². The summed E-state index contributed by atoms with van der Waals surface area (Å²) in [4.78, 5) is 3.34. The first kappa shape index (κ1) is 19.5. The fourth-order valence-corrected chi connectivity index (χ4v) is 3.66. The van der Waals surface area contributed by atoms with Gasteiger partial charge in [-0.25, -0.2) is 13.4 Å². The van der Waals surface area contributed by atoms with E-state index in [2.05, 4.69) is 9.71 Å². The van der Waals surface area contributed by atoms with Crippen LogP contribution in [0.4, 0.5) is 18.9 Å². The second-order valence-corrected chi connectivity index (χ2v) is 7.77. The van der Waals surface area contributed by atoms with E-state index in [4.69, 9.17) is 23.2 Å². The van der Waals surface area contributed by atoms with E-state index < -0.39 is 26.7 Å². The molecule has 0 aliphatic carbocycles. The van der Waals surface area contributed by atoms with E-state index >= 15 is 0 Å². The lowest BCUT2D eigenvalue weighted by Crippen LogP contribution is -2.14. The third kappa shape index (κ3) is 4.20. The smallest absolute Gasteiger partial charge is 0.288 e. The van der Waals surface area contributed by atoms with Gasteiger partial charge in [0, 0.05) is 11.4 Å². The fraction of sp³-hybridized carbons (Fsp3) is 0.0625. The average molecular weight is 436 g/mol. The summed E-state index contributed by atoms with van der Waals surface area (Å²) in [5, 5.41) is 0.306. The van der Waals surface area contributed by atoms with Gasteiger partial charge >= 0.3 is 6.18 Å². The third-order valence-electron chi connectivity index (χ3n) is 3.54. The summed E-state index contributed by atoms with van der Waals surface area (Å²) in [6.07, 6.45) is -3.25. The molecule has 1 aromatic heterocycles. The summed E-state index contributed by atoms with van der Waals surface area (Å²) in [7, 11) is -4.19. The van der Waals surface area contributed by atoms with E-state index in [1.807, 2.05) is 0 Å². The Bertz CT molecular complexity index is 1080. The molecule has 0 atom stereocenters. The van der Waals surface area contributed by atoms with Crippen molar-refractivity contribution >= 4 is 38.9 Å². The van der Waals surface area contributed by atoms with Gasteiger partial charge in [0.05, 0.1) is 10.5 Å². The number of aromatic nitrogens is 2. The third-order valence-corrected chi connectivity index (χ3v) is 5.65. The summed E-state index contributed by atoms with van der Waals surface area (Å²) in [5.41, 5.74) is -0.313. The number of sulfonamides is 1. The normalized spacial score (nSPS) is 12.2. The van der Waals surface area contributed by atoms with Gasteiger partial charge in [-0.05, 0) is 42.5 Å². The molecule has 0 saturated heterocycles. The molecule has 27 heavy (non-hydrogen) atoms. The molecule has 0 fully saturated rings. The molecule has 0 bridgehead atoms. The Kier molecular flexibility index (Phi) is 5.11. The number of alkyl halides is 3. The zero-order valence-electron chi connectivity index (χ0n) is 13.2. The Balaban J connectivity index is 1.85. The lowest BCUT2D eigenvalue weighted by atomic mass is 10.2. The molecular weight excluding hydrogens is 426 g/mol. The Morgan fingerprint density at radius 3 is 2.26 bits per heavy atom. The number of imidazole rings is 1. The molecule has 142 valence electrons. The molecule has 0 saturated carbocycles. The lowest BCUT2D eigenvalue weighted by molar-refractivity contribution is -0.137. The standard InChI is InChI=1S/C16H10Cl2F3N3O2S/c17-14-15(18)24(9-22-14)12-6-4-11(5-7-12)23-27(25,26)13-3-1-2-10(8-13)16(19,20)21/h1-9,23H. The zero-order chi connectivity index (χ0) is 19.8. The van der Waals surface area contributed by atoms with Gasteiger partial charge in [0.25, 0.3) is 10.0 Å². The van der Waals surface area contributed by atoms with E-state index in [0.717, 1.165) is 18.2 Å². The second kappa shape index (κ2) is 7.06. The van der Waals surface area contributed by atoms with Crippen LogP contribution in [0.2, 0.25) is 10.3 Å². The molecule has 1 N–H and O–H groups in total. The SMILES string of the molecule is O=S(=O)(Nc1ccc(-n2cnc(Cl)c2Cl)cc1)c1cccc(C(F)(F)F)c1. The first-order valence-corrected chi connectivity index (χ1v) is 9.51. The molecule has 0 spiro atoms. The number of hydrogen-bond donors (Lipinski definition) is 1. The molecule has 5 nitrogen and oxygen atoms in total. The molecular formula is C16H10Cl2F3N3O2S. The van der Waals surface area contributed by atoms with Crippen LogP contribution in [-0.2, 0) is 16.2 Å². The van der Waals surface area contributed by atoms with Crippen LogP contribution in [-0.4, -0.2) is 18.0 Å². The number of rotatable bonds is 4. The van der Waals surface area contributed by atoms with Crippen molar-refractivity contribution in [1.29, 1.82) is 0 Å². The van der Waals surface area contributed by atoms with Gasteiger partial charge in [0.2, 0.25) is 0 Å². The van der Waals surface area contributed by atoms with E-state index in [0.29, 0.717) is 11.8 Å². The number of benzene rings is 2. The van der Waals surface area contributed by atoms with Gasteiger partial charge in [0.15, 0.2) is 10.3 Å². The monoisotopic (exact) mass is 435 g/mol. The Hall–Kier alpha value is -2.23. The van der Waals surface area contributed by atoms with Crippen LogP contribution in [0.5, 0.6) is 0 Å². The first-order valence-electron chi connectivity index (χ1n) is 7.27. The Morgan fingerprint density at radius 2 is 1.70 bits per heavy atom. The van der Waals surface area contributed by atoms with E-state index in [-0.39, 0.29) is 16.0 Å². The van der Waals surface area contributed by atoms with E-state index in [1.54, 1.807) is 12.1 Å². The highest BCUT2D eigenvalue weighted by Gasteiger charge is 2.31. The quantitative estimate of drug-likeness (QED) is 0.626. The van der Waals surface area contributed by atoms with Crippen molar-refractivity contribution in [2.75, 3.05) is 4.72 Å². The van der Waals surface area contributed by atoms with Crippen molar-refractivity contribution in [3.05, 3.63) is 70.7 Å². The van der Waals surface area contributed by atoms with Crippen molar-refractivity contribution in [1.82, 2.24) is 9.55 Å². The topological polar surface area (TPSA) is 64.0 Å². The van der Waals surface area contributed by atoms with Crippen LogP contribution in [0, 0.1) is 0 Å². The minimum Gasteiger partial charge on any atom is -0.288 e. The fourth-order valence-electron chi connectivity index (χ4n) is 2.24. The zero-order valence-corrected chi connectivity index (χ0v) is 15.5. The van der Waals surface area contributed by atoms with Crippen molar-refractivity contribution < 1.29 is 21.6 Å². The largest absolute Gasteiger partial charge is 0.416 e. The van der Waals surface area contributed by atoms with Crippen molar-refractivity contribution in [3.8, 4) is 5.69 Å². The molecule has 0 unspecified atom stereocenters. The van der Waals surface area contributed by atoms with Crippen molar-refractivity contribution in [2.24, 2.45) is 0 Å². The summed E-state index contributed by atoms with van der Waals surface area (Å²) in [6.45, 7) is 0. The van der Waals surface area contributed by atoms with Gasteiger partial charge in [-0.2, -0.15) is 13.2 Å². The minimum absolute atomic E-state index is 0.117. The van der Waals surface area contributed by atoms with Gasteiger partial charge in [-0.3, -0.25) is 9.29 Å². The maximum atomic E-state index is 12.8. The van der Waals surface area contributed by atoms with E-state index in [1.165, 1.54) is 23.0 Å². The van der Waals surface area contributed by atoms with Crippen LogP contribution in [0.15, 0.2) is 59.8 Å². The van der Waals surface area contributed by atoms with Crippen LogP contribution >= 0.6 is 23.2 Å². The minimum atomic E-state index is -4.64. The van der Waals surface area contributed by atoms with Crippen LogP contribution < -0.4 is 4.72 Å². The first-order chi connectivity index (χ1) is 12.6. The summed E-state index contributed by atoms with van der Waals surface area (Å²) >= 11 is 11.8. The molecule has 0 aliphatic heterocycles. The number of nitrogens with zero attached hydrogens (tertiary/aromatic N) is 2. The molecule has 3 aromatic rings. The molecule has 1 heterocycles. The predicted octanol–water partition coefficient (Wildman–Crippen LogP) is 5.00. The number of hydrogen-bond acceptors (Lipinski definition) is 3. The van der Waals surface area contributed by atoms with Crippen molar-refractivity contribution in [2.45, 2.75) is 11.1 Å². The highest BCUT2D eigenvalue weighted by atomic mass is 35.5. The number of halogens is 5. The number of nitrogens with one attached hydrogen (secondary N) is 1. The van der Waals surface area contributed by atoms with Gasteiger partial charge in [-0.15, -0.1) is 0 Å². The van der Waals surface area contributed by atoms with Crippen LogP contribution in [0.25, 0.3) is 5.69 Å². The second-order valence-electron chi connectivity index (χ2n) is 5.37. The highest BCUT2D eigenvalue weighted by Crippen LogP contribution is 2.31. The maximum Gasteiger partial charge on any atom is 0.416 e. The average Bonchev–Trinajstić information content (AvgIpc) is 2.94. The summed E-state index contributed by atoms with van der Waals surface area (Å²) in [5.74, 6) is 0. The van der Waals surface area contributed by atoms with Gasteiger partial charge < -0.3 is 0 Å². The predicted molar refractivity (Wildman–Crippen MR) is 95.8 cm³/mol. The van der Waals surface area contributed by atoms with Gasteiger partial charge in [0.1, 0.15) is 6.33 Å². The van der Waals surface area contributed by atoms with Gasteiger partial charge in [-0.1, -0.05) is 29.3 Å². The van der Waals surface area contributed by atoms with Crippen molar-refractivity contribution in [3.63, 3.8) is 0 Å². The molecule has 0 amide bonds. The van der Waals surface area contributed by atoms with E-state index in [9.17, 15) is 21.6 Å². The Morgan fingerprint density at radius 1 is 1.04 bits per heavy atom. The molecule has 2 aromatic carbocycles. The highest BCUT2D eigenvalue weighted by molar-refractivity contribution is 7.92. The lowest BCUT2D eigenvalue weighted by Gasteiger charge is -2.12. The summed E-state index contributed by atoms with van der Waals surface area (Å²) < 4.78 is 66.8. The molecule has 0 radical (unpaired) electrons. The Labute approximate surface area is 162 Å². The van der Waals surface area contributed by atoms with Crippen LogP contribution in [0.1, 0.15) is 5.56 Å². The summed E-state index contributed by atoms with van der Waals surface area (Å²) in [6, 6.07) is 9.46. The number of anilines is 1. The molecule has 3 rings (SSSR count).